The summed E-state index contributed by atoms with van der Waals surface area (Å²) in [7, 11) is 1.42. The third-order valence-electron chi connectivity index (χ3n) is 1.85. The molecule has 0 heterocycles. The van der Waals surface area contributed by atoms with Crippen molar-refractivity contribution in [1.29, 1.82) is 0 Å². The van der Waals surface area contributed by atoms with E-state index in [0.29, 0.717) is 0 Å². The van der Waals surface area contributed by atoms with Gasteiger partial charge >= 0.3 is 5.97 Å². The third-order valence-corrected chi connectivity index (χ3v) is 1.85. The predicted octanol–water partition coefficient (Wildman–Crippen LogP) is 0.311. The number of hydrogen-bond donors (Lipinski definition) is 2. The Morgan fingerprint density at radius 3 is 2.75 bits per heavy atom. The molecular formula is C10H11FN2O3. The average molecular weight is 226 g/mol. The Hall–Kier alpha value is -2.11. The maximum Gasteiger partial charge on any atom is 0.338 e. The van der Waals surface area contributed by atoms with Crippen LogP contribution in [0.3, 0.4) is 0 Å². The van der Waals surface area contributed by atoms with Crippen LogP contribution in [0.2, 0.25) is 0 Å². The molecule has 0 spiro atoms. The number of esters is 1. The fourth-order valence-corrected chi connectivity index (χ4v) is 0.941. The monoisotopic (exact) mass is 226 g/mol. The maximum absolute atomic E-state index is 13.0. The molecule has 86 valence electrons. The summed E-state index contributed by atoms with van der Waals surface area (Å²) in [5.74, 6) is -1.92. The van der Waals surface area contributed by atoms with Gasteiger partial charge in [-0.05, 0) is 18.2 Å². The minimum Gasteiger partial charge on any atom is -0.452 e. The Bertz CT molecular complexity index is 421. The Kier molecular flexibility index (Phi) is 3.82. The number of likely N-dealkylation sites (N-methyl/N-ethyl adjacent to an activating group) is 1. The standard InChI is InChI=1S/C10H11FN2O3/c1-13-9(14)5-16-10(15)6-2-3-8(12)7(11)4-6/h2-4H,5,12H2,1H3,(H,13,14). The number of benzene rings is 1. The van der Waals surface area contributed by atoms with Gasteiger partial charge in [0, 0.05) is 7.05 Å². The van der Waals surface area contributed by atoms with Gasteiger partial charge < -0.3 is 15.8 Å². The second kappa shape index (κ2) is 5.11. The highest BCUT2D eigenvalue weighted by molar-refractivity contribution is 5.91. The van der Waals surface area contributed by atoms with E-state index in [4.69, 9.17) is 5.73 Å². The average Bonchev–Trinajstić information content (AvgIpc) is 2.29. The molecule has 1 rings (SSSR count). The molecule has 1 amide bonds. The Morgan fingerprint density at radius 1 is 1.50 bits per heavy atom. The number of carbonyl (C=O) groups is 2. The van der Waals surface area contributed by atoms with Crippen LogP contribution in [-0.2, 0) is 9.53 Å². The van der Waals surface area contributed by atoms with Crippen LogP contribution in [0.5, 0.6) is 0 Å². The summed E-state index contributed by atoms with van der Waals surface area (Å²) in [5, 5.41) is 2.28. The van der Waals surface area contributed by atoms with Crippen molar-refractivity contribution in [3.8, 4) is 0 Å². The lowest BCUT2D eigenvalue weighted by atomic mass is 10.2. The van der Waals surface area contributed by atoms with Gasteiger partial charge in [-0.3, -0.25) is 4.79 Å². The highest BCUT2D eigenvalue weighted by atomic mass is 19.1. The second-order valence-electron chi connectivity index (χ2n) is 2.99. The van der Waals surface area contributed by atoms with Gasteiger partial charge in [-0.1, -0.05) is 0 Å². The molecule has 5 nitrogen and oxygen atoms in total. The van der Waals surface area contributed by atoms with Crippen LogP contribution in [0, 0.1) is 5.82 Å². The summed E-state index contributed by atoms with van der Waals surface area (Å²) in [6, 6.07) is 3.54. The van der Waals surface area contributed by atoms with Crippen LogP contribution in [0.4, 0.5) is 10.1 Å². The molecule has 0 fully saturated rings. The van der Waals surface area contributed by atoms with Crippen LogP contribution in [-0.4, -0.2) is 25.5 Å². The van der Waals surface area contributed by atoms with Crippen molar-refractivity contribution < 1.29 is 18.7 Å². The van der Waals surface area contributed by atoms with E-state index < -0.39 is 24.3 Å². The van der Waals surface area contributed by atoms with E-state index >= 15 is 0 Å². The van der Waals surface area contributed by atoms with Crippen LogP contribution in [0.25, 0.3) is 0 Å². The van der Waals surface area contributed by atoms with Gasteiger partial charge in [0.15, 0.2) is 6.61 Å². The predicted molar refractivity (Wildman–Crippen MR) is 55.2 cm³/mol. The summed E-state index contributed by atoms with van der Waals surface area (Å²) >= 11 is 0. The van der Waals surface area contributed by atoms with Crippen molar-refractivity contribution in [3.63, 3.8) is 0 Å². The number of halogens is 1. The summed E-state index contributed by atoms with van der Waals surface area (Å²) in [4.78, 5) is 22.1. The first kappa shape index (κ1) is 12.0. The Morgan fingerprint density at radius 2 is 2.19 bits per heavy atom. The molecule has 1 aromatic carbocycles. The zero-order valence-corrected chi connectivity index (χ0v) is 8.62. The van der Waals surface area contributed by atoms with Crippen molar-refractivity contribution in [1.82, 2.24) is 5.32 Å². The molecule has 0 aliphatic heterocycles. The Balaban J connectivity index is 2.66. The largest absolute Gasteiger partial charge is 0.452 e. The van der Waals surface area contributed by atoms with Crippen LogP contribution in [0.15, 0.2) is 18.2 Å². The van der Waals surface area contributed by atoms with Gasteiger partial charge in [-0.25, -0.2) is 9.18 Å². The van der Waals surface area contributed by atoms with E-state index in [1.54, 1.807) is 0 Å². The number of hydrogen-bond acceptors (Lipinski definition) is 4. The number of ether oxygens (including phenoxy) is 1. The fraction of sp³-hybridized carbons (Fsp3) is 0.200. The van der Waals surface area contributed by atoms with Gasteiger partial charge in [0.25, 0.3) is 5.91 Å². The molecule has 0 saturated carbocycles. The Labute approximate surface area is 91.4 Å². The molecule has 0 bridgehead atoms. The number of amides is 1. The first-order valence-corrected chi connectivity index (χ1v) is 4.47. The second-order valence-corrected chi connectivity index (χ2v) is 2.99. The highest BCUT2D eigenvalue weighted by Gasteiger charge is 2.11. The highest BCUT2D eigenvalue weighted by Crippen LogP contribution is 2.12. The van der Waals surface area contributed by atoms with E-state index in [-0.39, 0.29) is 11.3 Å². The molecule has 0 unspecified atom stereocenters. The fourth-order valence-electron chi connectivity index (χ4n) is 0.941. The van der Waals surface area contributed by atoms with Gasteiger partial charge in [-0.2, -0.15) is 0 Å². The molecule has 0 saturated heterocycles. The molecule has 16 heavy (non-hydrogen) atoms. The van der Waals surface area contributed by atoms with Gasteiger partial charge in [0.1, 0.15) is 5.82 Å². The first-order chi connectivity index (χ1) is 7.54. The topological polar surface area (TPSA) is 81.4 Å². The number of anilines is 1. The molecule has 0 radical (unpaired) electrons. The van der Waals surface area contributed by atoms with E-state index in [9.17, 15) is 14.0 Å². The minimum atomic E-state index is -0.775. The van der Waals surface area contributed by atoms with E-state index in [1.165, 1.54) is 19.2 Å². The summed E-state index contributed by atoms with van der Waals surface area (Å²) in [6.07, 6.45) is 0. The number of nitrogen functional groups attached to an aromatic ring is 1. The van der Waals surface area contributed by atoms with Crippen molar-refractivity contribution in [2.24, 2.45) is 0 Å². The molecule has 1 aromatic rings. The number of rotatable bonds is 3. The number of nitrogens with one attached hydrogen (secondary N) is 1. The lowest BCUT2D eigenvalue weighted by Gasteiger charge is -2.04. The molecule has 0 aromatic heterocycles. The summed E-state index contributed by atoms with van der Waals surface area (Å²) in [5.41, 5.74) is 5.20. The SMILES string of the molecule is CNC(=O)COC(=O)c1ccc(N)c(F)c1. The zero-order valence-electron chi connectivity index (χ0n) is 8.62. The smallest absolute Gasteiger partial charge is 0.338 e. The zero-order chi connectivity index (χ0) is 12.1. The first-order valence-electron chi connectivity index (χ1n) is 4.47. The normalized spacial score (nSPS) is 9.62. The lowest BCUT2D eigenvalue weighted by Crippen LogP contribution is -2.25. The van der Waals surface area contributed by atoms with Crippen LogP contribution >= 0.6 is 0 Å². The van der Waals surface area contributed by atoms with Crippen LogP contribution < -0.4 is 11.1 Å². The third kappa shape index (κ3) is 2.94. The molecular weight excluding hydrogens is 215 g/mol. The van der Waals surface area contributed by atoms with Crippen molar-refractivity contribution in [2.45, 2.75) is 0 Å². The molecule has 3 N–H and O–H groups in total. The molecule has 0 aliphatic carbocycles. The van der Waals surface area contributed by atoms with Crippen molar-refractivity contribution in [3.05, 3.63) is 29.6 Å². The molecule has 6 heteroatoms. The maximum atomic E-state index is 13.0. The van der Waals surface area contributed by atoms with Crippen molar-refractivity contribution >= 4 is 17.6 Å². The summed E-state index contributed by atoms with van der Waals surface area (Å²) < 4.78 is 17.6. The lowest BCUT2D eigenvalue weighted by molar-refractivity contribution is -0.123. The molecule has 0 aliphatic rings. The number of carbonyl (C=O) groups excluding carboxylic acids is 2. The van der Waals surface area contributed by atoms with Gasteiger partial charge in [0.2, 0.25) is 0 Å². The number of nitrogens with two attached hydrogens (primary N) is 1. The summed E-state index contributed by atoms with van der Waals surface area (Å²) in [6.45, 7) is -0.401. The molecule has 0 atom stereocenters. The quantitative estimate of drug-likeness (QED) is 0.574. The van der Waals surface area contributed by atoms with Gasteiger partial charge in [-0.15, -0.1) is 0 Å². The minimum absolute atomic E-state index is 0.00982. The van der Waals surface area contributed by atoms with E-state index in [1.807, 2.05) is 0 Å². The van der Waals surface area contributed by atoms with Crippen molar-refractivity contribution in [2.75, 3.05) is 19.4 Å². The van der Waals surface area contributed by atoms with E-state index in [0.717, 1.165) is 6.07 Å². The van der Waals surface area contributed by atoms with E-state index in [2.05, 4.69) is 10.1 Å². The van der Waals surface area contributed by atoms with Crippen LogP contribution in [0.1, 0.15) is 10.4 Å². The van der Waals surface area contributed by atoms with Gasteiger partial charge in [0.05, 0.1) is 11.3 Å².